The van der Waals surface area contributed by atoms with Gasteiger partial charge in [-0.15, -0.1) is 0 Å². The molecule has 0 aromatic rings. The molecular formula is C6H8F8N2O. The quantitative estimate of drug-likeness (QED) is 0.720. The predicted octanol–water partition coefficient (Wildman–Crippen LogP) is 1.38. The van der Waals surface area contributed by atoms with Crippen molar-refractivity contribution in [2.75, 3.05) is 13.1 Å². The van der Waals surface area contributed by atoms with Gasteiger partial charge in [-0.05, 0) is 0 Å². The van der Waals surface area contributed by atoms with E-state index in [2.05, 4.69) is 16.2 Å². The molecule has 0 fully saturated rings. The SMILES string of the molecule is NCC(F)(F)C(F)(F)OC(F)(F)C(F)(F)CN. The molecule has 0 rings (SSSR count). The van der Waals surface area contributed by atoms with Crippen LogP contribution in [0, 0.1) is 0 Å². The van der Waals surface area contributed by atoms with Crippen molar-refractivity contribution >= 4 is 0 Å². The minimum atomic E-state index is -5.86. The lowest BCUT2D eigenvalue weighted by Crippen LogP contribution is -2.57. The van der Waals surface area contributed by atoms with E-state index in [4.69, 9.17) is 0 Å². The van der Waals surface area contributed by atoms with Crippen LogP contribution in [0.15, 0.2) is 0 Å². The molecular weight excluding hydrogens is 268 g/mol. The zero-order chi connectivity index (χ0) is 14.1. The zero-order valence-corrected chi connectivity index (χ0v) is 8.00. The lowest BCUT2D eigenvalue weighted by atomic mass is 10.3. The molecule has 0 aliphatic rings. The normalized spacial score (nSPS) is 15.2. The summed E-state index contributed by atoms with van der Waals surface area (Å²) in [6.07, 6.45) is -11.7. The average Bonchev–Trinajstić information content (AvgIpc) is 2.15. The predicted molar refractivity (Wildman–Crippen MR) is 39.0 cm³/mol. The van der Waals surface area contributed by atoms with Gasteiger partial charge in [0.1, 0.15) is 0 Å². The molecule has 0 aliphatic carbocycles. The molecule has 0 aliphatic heterocycles. The Balaban J connectivity index is 5.07. The Morgan fingerprint density at radius 1 is 0.647 bits per heavy atom. The molecule has 0 radical (unpaired) electrons. The summed E-state index contributed by atoms with van der Waals surface area (Å²) in [5.41, 5.74) is 8.37. The number of hydrogen-bond donors (Lipinski definition) is 2. The summed E-state index contributed by atoms with van der Waals surface area (Å²) in [4.78, 5) is 0. The third-order valence-corrected chi connectivity index (χ3v) is 1.62. The van der Waals surface area contributed by atoms with Crippen LogP contribution in [-0.4, -0.2) is 37.2 Å². The minimum Gasteiger partial charge on any atom is -0.325 e. The number of rotatable bonds is 6. The second kappa shape index (κ2) is 4.53. The fourth-order valence-corrected chi connectivity index (χ4v) is 0.548. The molecule has 0 aromatic carbocycles. The van der Waals surface area contributed by atoms with Crippen molar-refractivity contribution in [1.29, 1.82) is 0 Å². The largest absolute Gasteiger partial charge is 0.425 e. The van der Waals surface area contributed by atoms with Crippen molar-refractivity contribution in [3.8, 4) is 0 Å². The smallest absolute Gasteiger partial charge is 0.325 e. The molecule has 104 valence electrons. The van der Waals surface area contributed by atoms with Gasteiger partial charge in [0.2, 0.25) is 0 Å². The Morgan fingerprint density at radius 3 is 1.06 bits per heavy atom. The number of halogens is 8. The van der Waals surface area contributed by atoms with Gasteiger partial charge in [0.15, 0.2) is 0 Å². The first kappa shape index (κ1) is 16.3. The van der Waals surface area contributed by atoms with Gasteiger partial charge >= 0.3 is 24.1 Å². The van der Waals surface area contributed by atoms with E-state index in [0.29, 0.717) is 0 Å². The van der Waals surface area contributed by atoms with Crippen molar-refractivity contribution in [1.82, 2.24) is 0 Å². The number of alkyl halides is 8. The van der Waals surface area contributed by atoms with E-state index in [1.54, 1.807) is 0 Å². The first-order chi connectivity index (χ1) is 7.33. The number of ether oxygens (including phenoxy) is 1. The number of hydrogen-bond acceptors (Lipinski definition) is 3. The van der Waals surface area contributed by atoms with Gasteiger partial charge in [0, 0.05) is 0 Å². The highest BCUT2D eigenvalue weighted by molar-refractivity contribution is 4.84. The van der Waals surface area contributed by atoms with Gasteiger partial charge < -0.3 is 11.5 Å². The van der Waals surface area contributed by atoms with Crippen LogP contribution in [-0.2, 0) is 4.74 Å². The molecule has 0 bridgehead atoms. The molecule has 0 spiro atoms. The van der Waals surface area contributed by atoms with E-state index in [1.165, 1.54) is 0 Å². The van der Waals surface area contributed by atoms with Gasteiger partial charge in [-0.1, -0.05) is 0 Å². The molecule has 0 aromatic heterocycles. The monoisotopic (exact) mass is 276 g/mol. The number of nitrogens with two attached hydrogens (primary N) is 2. The molecule has 11 heteroatoms. The molecule has 3 nitrogen and oxygen atoms in total. The maximum absolute atomic E-state index is 12.5. The van der Waals surface area contributed by atoms with Crippen LogP contribution < -0.4 is 11.5 Å². The fourth-order valence-electron chi connectivity index (χ4n) is 0.548. The molecule has 0 heterocycles. The summed E-state index contributed by atoms with van der Waals surface area (Å²) < 4.78 is 101. The van der Waals surface area contributed by atoms with Crippen LogP contribution in [0.25, 0.3) is 0 Å². The van der Waals surface area contributed by atoms with E-state index in [9.17, 15) is 35.1 Å². The molecule has 0 unspecified atom stereocenters. The lowest BCUT2D eigenvalue weighted by molar-refractivity contribution is -0.464. The first-order valence-corrected chi connectivity index (χ1v) is 3.94. The maximum atomic E-state index is 12.5. The Morgan fingerprint density at radius 2 is 0.882 bits per heavy atom. The van der Waals surface area contributed by atoms with E-state index in [0.717, 1.165) is 0 Å². The second-order valence-electron chi connectivity index (χ2n) is 2.95. The van der Waals surface area contributed by atoms with Crippen LogP contribution in [0.4, 0.5) is 35.1 Å². The van der Waals surface area contributed by atoms with Gasteiger partial charge in [0.25, 0.3) is 0 Å². The van der Waals surface area contributed by atoms with Crippen molar-refractivity contribution < 1.29 is 39.9 Å². The van der Waals surface area contributed by atoms with Crippen LogP contribution in [0.2, 0.25) is 0 Å². The maximum Gasteiger partial charge on any atom is 0.425 e. The van der Waals surface area contributed by atoms with E-state index in [1.807, 2.05) is 0 Å². The minimum absolute atomic E-state index is 2.07. The molecule has 4 N–H and O–H groups in total. The van der Waals surface area contributed by atoms with Crippen molar-refractivity contribution in [3.63, 3.8) is 0 Å². The van der Waals surface area contributed by atoms with E-state index < -0.39 is 37.2 Å². The molecule has 17 heavy (non-hydrogen) atoms. The molecule has 0 saturated carbocycles. The third kappa shape index (κ3) is 3.16. The second-order valence-corrected chi connectivity index (χ2v) is 2.95. The molecule has 0 atom stereocenters. The third-order valence-electron chi connectivity index (χ3n) is 1.62. The van der Waals surface area contributed by atoms with E-state index in [-0.39, 0.29) is 0 Å². The molecule has 0 amide bonds. The molecule has 0 saturated heterocycles. The summed E-state index contributed by atoms with van der Waals surface area (Å²) in [5, 5.41) is 0. The standard InChI is InChI=1S/C6H8F8N2O/c7-3(8,1-15)5(11,12)17-6(13,14)4(9,10)2-16/h1-2,15-16H2. The van der Waals surface area contributed by atoms with Gasteiger partial charge in [-0.25, -0.2) is 4.74 Å². The van der Waals surface area contributed by atoms with E-state index >= 15 is 0 Å². The van der Waals surface area contributed by atoms with Crippen LogP contribution in [0.3, 0.4) is 0 Å². The summed E-state index contributed by atoms with van der Waals surface area (Å²) in [6.45, 7) is -4.13. The highest BCUT2D eigenvalue weighted by Crippen LogP contribution is 2.44. The van der Waals surface area contributed by atoms with Gasteiger partial charge in [-0.3, -0.25) is 0 Å². The van der Waals surface area contributed by atoms with Crippen molar-refractivity contribution in [2.45, 2.75) is 24.1 Å². The summed E-state index contributed by atoms with van der Waals surface area (Å²) in [5.74, 6) is -10.4. The summed E-state index contributed by atoms with van der Waals surface area (Å²) in [7, 11) is 0. The highest BCUT2D eigenvalue weighted by Gasteiger charge is 2.68. The summed E-state index contributed by atoms with van der Waals surface area (Å²) in [6, 6.07) is 0. The average molecular weight is 276 g/mol. The van der Waals surface area contributed by atoms with Crippen LogP contribution in [0.1, 0.15) is 0 Å². The summed E-state index contributed by atoms with van der Waals surface area (Å²) >= 11 is 0. The van der Waals surface area contributed by atoms with Crippen molar-refractivity contribution in [2.24, 2.45) is 11.5 Å². The first-order valence-electron chi connectivity index (χ1n) is 3.94. The van der Waals surface area contributed by atoms with Gasteiger partial charge in [-0.2, -0.15) is 35.1 Å². The Labute approximate surface area is 89.7 Å². The highest BCUT2D eigenvalue weighted by atomic mass is 19.3. The van der Waals surface area contributed by atoms with Gasteiger partial charge in [0.05, 0.1) is 13.1 Å². The Hall–Kier alpha value is -0.680. The zero-order valence-electron chi connectivity index (χ0n) is 8.00. The van der Waals surface area contributed by atoms with Crippen LogP contribution >= 0.6 is 0 Å². The Bertz CT molecular complexity index is 243. The van der Waals surface area contributed by atoms with Crippen LogP contribution in [0.5, 0.6) is 0 Å². The fraction of sp³-hybridized carbons (Fsp3) is 1.00. The Kier molecular flexibility index (Phi) is 4.35. The van der Waals surface area contributed by atoms with Crippen molar-refractivity contribution in [3.05, 3.63) is 0 Å². The topological polar surface area (TPSA) is 61.3 Å². The lowest BCUT2D eigenvalue weighted by Gasteiger charge is -2.31.